The maximum absolute atomic E-state index is 13.0. The number of para-hydroxylation sites is 2. The summed E-state index contributed by atoms with van der Waals surface area (Å²) in [4.78, 5) is 35.8. The van der Waals surface area contributed by atoms with E-state index in [1.807, 2.05) is 42.2 Å². The van der Waals surface area contributed by atoms with Crippen LogP contribution in [0.25, 0.3) is 21.8 Å². The fourth-order valence-electron chi connectivity index (χ4n) is 4.13. The number of carbonyl (C=O) groups is 1. The van der Waals surface area contributed by atoms with Crippen LogP contribution >= 0.6 is 11.8 Å². The van der Waals surface area contributed by atoms with E-state index in [4.69, 9.17) is 0 Å². The number of carbonyl (C=O) groups excluding carboxylic acids is 1. The highest BCUT2D eigenvalue weighted by molar-refractivity contribution is 7.99. The summed E-state index contributed by atoms with van der Waals surface area (Å²) in [5, 5.41) is 2.39. The second-order valence-corrected chi connectivity index (χ2v) is 8.39. The molecule has 0 spiro atoms. The molecule has 0 atom stereocenters. The average Bonchev–Trinajstić information content (AvgIpc) is 3.15. The van der Waals surface area contributed by atoms with Crippen molar-refractivity contribution in [1.29, 1.82) is 0 Å². The van der Waals surface area contributed by atoms with Crippen molar-refractivity contribution in [2.75, 3.05) is 12.3 Å². The Morgan fingerprint density at radius 1 is 1.13 bits per heavy atom. The Balaban J connectivity index is 1.36. The molecule has 0 saturated heterocycles. The van der Waals surface area contributed by atoms with E-state index in [0.717, 1.165) is 11.9 Å². The van der Waals surface area contributed by atoms with Gasteiger partial charge in [-0.15, -0.1) is 0 Å². The smallest absolute Gasteiger partial charge is 0.262 e. The number of aromatic nitrogens is 3. The third kappa shape index (κ3) is 3.19. The Bertz CT molecular complexity index is 1320. The number of H-pyrrole nitrogens is 1. The van der Waals surface area contributed by atoms with E-state index < -0.39 is 0 Å². The molecular formula is C23H22N4O2S. The van der Waals surface area contributed by atoms with Crippen molar-refractivity contribution in [2.45, 2.75) is 31.6 Å². The van der Waals surface area contributed by atoms with Crippen LogP contribution in [0.15, 0.2) is 58.5 Å². The van der Waals surface area contributed by atoms with Gasteiger partial charge < -0.3 is 9.88 Å². The minimum Gasteiger partial charge on any atom is -0.358 e. The van der Waals surface area contributed by atoms with Gasteiger partial charge in [0.25, 0.3) is 5.56 Å². The maximum Gasteiger partial charge on any atom is 0.262 e. The van der Waals surface area contributed by atoms with Gasteiger partial charge in [0.1, 0.15) is 0 Å². The van der Waals surface area contributed by atoms with Crippen molar-refractivity contribution in [3.8, 4) is 0 Å². The first kappa shape index (κ1) is 18.9. The number of aromatic amines is 1. The predicted octanol–water partition coefficient (Wildman–Crippen LogP) is 3.57. The first-order valence-corrected chi connectivity index (χ1v) is 11.1. The Labute approximate surface area is 177 Å². The SMILES string of the molecule is CCn1c(SCC(=O)N2CCc3[nH]c4ccccc4c3C2)nc2ccccc2c1=O. The van der Waals surface area contributed by atoms with Crippen molar-refractivity contribution < 1.29 is 4.79 Å². The van der Waals surface area contributed by atoms with Crippen LogP contribution in [-0.4, -0.2) is 37.6 Å². The van der Waals surface area contributed by atoms with Gasteiger partial charge in [-0.25, -0.2) is 4.98 Å². The van der Waals surface area contributed by atoms with Gasteiger partial charge in [0.15, 0.2) is 5.16 Å². The van der Waals surface area contributed by atoms with E-state index >= 15 is 0 Å². The van der Waals surface area contributed by atoms with Gasteiger partial charge >= 0.3 is 0 Å². The summed E-state index contributed by atoms with van der Waals surface area (Å²) in [6.45, 7) is 3.76. The lowest BCUT2D eigenvalue weighted by Crippen LogP contribution is -2.37. The molecule has 0 radical (unpaired) electrons. The molecule has 4 aromatic rings. The number of nitrogens with zero attached hydrogens (tertiary/aromatic N) is 3. The second-order valence-electron chi connectivity index (χ2n) is 7.44. The number of hydrogen-bond donors (Lipinski definition) is 1. The van der Waals surface area contributed by atoms with Gasteiger partial charge in [0, 0.05) is 48.2 Å². The fourth-order valence-corrected chi connectivity index (χ4v) is 5.10. The third-order valence-electron chi connectivity index (χ3n) is 5.70. The van der Waals surface area contributed by atoms with Crippen LogP contribution < -0.4 is 5.56 Å². The number of nitrogens with one attached hydrogen (secondary N) is 1. The van der Waals surface area contributed by atoms with Crippen LogP contribution in [-0.2, 0) is 24.3 Å². The van der Waals surface area contributed by atoms with E-state index in [-0.39, 0.29) is 17.2 Å². The van der Waals surface area contributed by atoms with E-state index in [2.05, 4.69) is 22.1 Å². The molecule has 2 aromatic carbocycles. The standard InChI is InChI=1S/C23H22N4O2S/c1-2-27-22(29)16-8-4-6-10-19(16)25-23(27)30-14-21(28)26-12-11-20-17(13-26)15-7-3-5-9-18(15)24-20/h3-10,24H,2,11-14H2,1H3. The predicted molar refractivity (Wildman–Crippen MR) is 120 cm³/mol. The summed E-state index contributed by atoms with van der Waals surface area (Å²) in [7, 11) is 0. The highest BCUT2D eigenvalue weighted by atomic mass is 32.2. The maximum atomic E-state index is 13.0. The number of hydrogen-bond acceptors (Lipinski definition) is 4. The normalized spacial score (nSPS) is 13.7. The van der Waals surface area contributed by atoms with Gasteiger partial charge in [0.05, 0.1) is 16.7 Å². The molecule has 0 aliphatic carbocycles. The number of rotatable bonds is 4. The van der Waals surface area contributed by atoms with Gasteiger partial charge in [-0.05, 0) is 25.1 Å². The minimum absolute atomic E-state index is 0.0561. The number of benzene rings is 2. The first-order valence-electron chi connectivity index (χ1n) is 10.1. The van der Waals surface area contributed by atoms with Gasteiger partial charge in [-0.1, -0.05) is 42.1 Å². The Kier molecular flexibility index (Phi) is 4.83. The monoisotopic (exact) mass is 418 g/mol. The topological polar surface area (TPSA) is 71.0 Å². The first-order chi connectivity index (χ1) is 14.7. The Morgan fingerprint density at radius 2 is 1.90 bits per heavy atom. The molecule has 1 aliphatic heterocycles. The number of fused-ring (bicyclic) bond motifs is 4. The van der Waals surface area contributed by atoms with Crippen LogP contribution in [0.2, 0.25) is 0 Å². The van der Waals surface area contributed by atoms with Gasteiger partial charge in [-0.3, -0.25) is 14.2 Å². The molecule has 1 aliphatic rings. The summed E-state index contributed by atoms with van der Waals surface area (Å²) in [5.41, 5.74) is 4.18. The van der Waals surface area contributed by atoms with E-state index in [1.165, 1.54) is 28.4 Å². The molecule has 6 nitrogen and oxygen atoms in total. The summed E-state index contributed by atoms with van der Waals surface area (Å²) < 4.78 is 1.65. The lowest BCUT2D eigenvalue weighted by atomic mass is 10.0. The largest absolute Gasteiger partial charge is 0.358 e. The van der Waals surface area contributed by atoms with Crippen LogP contribution in [0.1, 0.15) is 18.2 Å². The van der Waals surface area contributed by atoms with Crippen molar-refractivity contribution in [2.24, 2.45) is 0 Å². The van der Waals surface area contributed by atoms with Gasteiger partial charge in [0.2, 0.25) is 5.91 Å². The second kappa shape index (κ2) is 7.65. The molecule has 1 amide bonds. The summed E-state index contributed by atoms with van der Waals surface area (Å²) in [6, 6.07) is 15.6. The summed E-state index contributed by atoms with van der Waals surface area (Å²) in [5.74, 6) is 0.337. The molecule has 0 bridgehead atoms. The zero-order valence-electron chi connectivity index (χ0n) is 16.7. The lowest BCUT2D eigenvalue weighted by molar-refractivity contribution is -0.129. The van der Waals surface area contributed by atoms with Crippen LogP contribution in [0, 0.1) is 0 Å². The van der Waals surface area contributed by atoms with Crippen LogP contribution in [0.4, 0.5) is 0 Å². The zero-order chi connectivity index (χ0) is 20.7. The Hall–Kier alpha value is -3.06. The average molecular weight is 419 g/mol. The molecule has 2 aromatic heterocycles. The highest BCUT2D eigenvalue weighted by Gasteiger charge is 2.24. The van der Waals surface area contributed by atoms with Crippen molar-refractivity contribution >= 4 is 39.5 Å². The molecule has 152 valence electrons. The number of amides is 1. The van der Waals surface area contributed by atoms with Crippen LogP contribution in [0.5, 0.6) is 0 Å². The fraction of sp³-hybridized carbons (Fsp3) is 0.261. The molecule has 3 heterocycles. The molecule has 0 unspecified atom stereocenters. The molecule has 7 heteroatoms. The number of thioether (sulfide) groups is 1. The molecule has 30 heavy (non-hydrogen) atoms. The van der Waals surface area contributed by atoms with Crippen molar-refractivity contribution in [3.05, 3.63) is 70.1 Å². The quantitative estimate of drug-likeness (QED) is 0.406. The van der Waals surface area contributed by atoms with E-state index in [0.29, 0.717) is 35.7 Å². The highest BCUT2D eigenvalue weighted by Crippen LogP contribution is 2.28. The molecular weight excluding hydrogens is 396 g/mol. The molecule has 5 rings (SSSR count). The zero-order valence-corrected chi connectivity index (χ0v) is 17.5. The van der Waals surface area contributed by atoms with Crippen molar-refractivity contribution in [1.82, 2.24) is 19.4 Å². The molecule has 1 N–H and O–H groups in total. The Morgan fingerprint density at radius 3 is 2.73 bits per heavy atom. The molecule has 0 fully saturated rings. The van der Waals surface area contributed by atoms with E-state index in [9.17, 15) is 9.59 Å². The third-order valence-corrected chi connectivity index (χ3v) is 6.66. The van der Waals surface area contributed by atoms with Crippen LogP contribution in [0.3, 0.4) is 0 Å². The van der Waals surface area contributed by atoms with Crippen molar-refractivity contribution in [3.63, 3.8) is 0 Å². The summed E-state index contributed by atoms with van der Waals surface area (Å²) >= 11 is 1.34. The minimum atomic E-state index is -0.0561. The molecule has 0 saturated carbocycles. The van der Waals surface area contributed by atoms with Gasteiger partial charge in [-0.2, -0.15) is 0 Å². The van der Waals surface area contributed by atoms with E-state index in [1.54, 1.807) is 10.6 Å². The lowest BCUT2D eigenvalue weighted by Gasteiger charge is -2.27. The summed E-state index contributed by atoms with van der Waals surface area (Å²) in [6.07, 6.45) is 0.828.